The van der Waals surface area contributed by atoms with Crippen molar-refractivity contribution in [1.82, 2.24) is 0 Å². The third-order valence-corrected chi connectivity index (χ3v) is 3.16. The fraction of sp³-hybridized carbons (Fsp3) is 0.579. The molecule has 0 saturated carbocycles. The van der Waals surface area contributed by atoms with Crippen molar-refractivity contribution in [1.29, 1.82) is 0 Å². The van der Waals surface area contributed by atoms with Gasteiger partial charge in [0.05, 0.1) is 19.3 Å². The van der Waals surface area contributed by atoms with Crippen molar-refractivity contribution in [3.8, 4) is 47.4 Å². The van der Waals surface area contributed by atoms with Crippen molar-refractivity contribution >= 4 is 0 Å². The van der Waals surface area contributed by atoms with E-state index in [2.05, 4.69) is 47.4 Å². The van der Waals surface area contributed by atoms with E-state index in [1.807, 2.05) is 0 Å². The molecular weight excluding hydrogens is 340 g/mol. The molecule has 7 heteroatoms. The molecule has 0 aromatic carbocycles. The molecule has 7 nitrogen and oxygen atoms in total. The van der Waals surface area contributed by atoms with Crippen LogP contribution in [0.1, 0.15) is 19.8 Å². The van der Waals surface area contributed by atoms with Crippen LogP contribution >= 0.6 is 0 Å². The molecule has 0 spiro atoms. The van der Waals surface area contributed by atoms with Gasteiger partial charge in [-0.05, 0) is 48.9 Å². The summed E-state index contributed by atoms with van der Waals surface area (Å²) in [6.07, 6.45) is -6.34. The minimum absolute atomic E-state index is 0.270. The molecule has 0 aliphatic heterocycles. The highest BCUT2D eigenvalue weighted by Gasteiger charge is 2.33. The second kappa shape index (κ2) is 15.2. The van der Waals surface area contributed by atoms with Crippen LogP contribution < -0.4 is 0 Å². The molecule has 26 heavy (non-hydrogen) atoms. The lowest BCUT2D eigenvalue weighted by molar-refractivity contribution is -0.228. The monoisotopic (exact) mass is 364 g/mol. The average molecular weight is 364 g/mol. The Balaban J connectivity index is 4.45. The fourth-order valence-corrected chi connectivity index (χ4v) is 1.72. The highest BCUT2D eigenvalue weighted by atomic mass is 16.6. The maximum Gasteiger partial charge on any atom is 0.183 e. The third kappa shape index (κ3) is 10.1. The number of ether oxygens (including phenoxy) is 2. The maximum absolute atomic E-state index is 9.83. The van der Waals surface area contributed by atoms with Gasteiger partial charge in [-0.1, -0.05) is 11.8 Å². The van der Waals surface area contributed by atoms with Crippen molar-refractivity contribution in [3.63, 3.8) is 0 Å². The minimum Gasteiger partial charge on any atom is -0.394 e. The van der Waals surface area contributed by atoms with Crippen molar-refractivity contribution in [3.05, 3.63) is 0 Å². The van der Waals surface area contributed by atoms with Crippen molar-refractivity contribution < 1.29 is 35.0 Å². The number of aliphatic hydroxyl groups excluding tert-OH is 5. The molecule has 0 aliphatic rings. The smallest absolute Gasteiger partial charge is 0.183 e. The lowest BCUT2D eigenvalue weighted by atomic mass is 10.1. The van der Waals surface area contributed by atoms with Gasteiger partial charge in [0.15, 0.2) is 6.29 Å². The molecule has 0 radical (unpaired) electrons. The Bertz CT molecular complexity index is 626. The first-order valence-electron chi connectivity index (χ1n) is 7.85. The molecular formula is C19H24O7. The van der Waals surface area contributed by atoms with Gasteiger partial charge in [0, 0.05) is 13.5 Å². The van der Waals surface area contributed by atoms with Gasteiger partial charge >= 0.3 is 0 Å². The first-order chi connectivity index (χ1) is 12.5. The van der Waals surface area contributed by atoms with Crippen LogP contribution in [0.5, 0.6) is 0 Å². The van der Waals surface area contributed by atoms with E-state index in [0.717, 1.165) is 0 Å². The average Bonchev–Trinajstić information content (AvgIpc) is 2.65. The van der Waals surface area contributed by atoms with Crippen LogP contribution in [-0.4, -0.2) is 76.6 Å². The standard InChI is InChI=1S/C19H24O7/c1-3-4-5-6-7-8-9-10-11-12-15(13-20)26-19(24)18(23)17(22)16(14-21)25-2/h15-24H,11-14H2,1-2H3/t15?,16?,17-,18?,19?/m1/s1. The molecule has 142 valence electrons. The zero-order valence-electron chi connectivity index (χ0n) is 14.8. The van der Waals surface area contributed by atoms with E-state index in [-0.39, 0.29) is 6.42 Å². The normalized spacial score (nSPS) is 15.2. The van der Waals surface area contributed by atoms with Gasteiger partial charge in [-0.2, -0.15) is 0 Å². The summed E-state index contributed by atoms with van der Waals surface area (Å²) in [5, 5.41) is 47.7. The summed E-state index contributed by atoms with van der Waals surface area (Å²) in [6.45, 7) is 0.708. The summed E-state index contributed by atoms with van der Waals surface area (Å²) < 4.78 is 9.88. The van der Waals surface area contributed by atoms with E-state index in [9.17, 15) is 20.4 Å². The number of hydrogen-bond acceptors (Lipinski definition) is 7. The van der Waals surface area contributed by atoms with Crippen molar-refractivity contribution in [2.45, 2.75) is 50.5 Å². The van der Waals surface area contributed by atoms with E-state index in [4.69, 9.17) is 14.6 Å². The Morgan fingerprint density at radius 1 is 0.846 bits per heavy atom. The first-order valence-corrected chi connectivity index (χ1v) is 7.85. The molecule has 0 fully saturated rings. The van der Waals surface area contributed by atoms with Crippen LogP contribution in [0.4, 0.5) is 0 Å². The lowest BCUT2D eigenvalue weighted by Crippen LogP contribution is -2.48. The Kier molecular flexibility index (Phi) is 14.0. The predicted octanol–water partition coefficient (Wildman–Crippen LogP) is -1.77. The van der Waals surface area contributed by atoms with Crippen LogP contribution in [-0.2, 0) is 9.47 Å². The Morgan fingerprint density at radius 2 is 1.46 bits per heavy atom. The third-order valence-electron chi connectivity index (χ3n) is 3.16. The van der Waals surface area contributed by atoms with Gasteiger partial charge in [0.1, 0.15) is 18.3 Å². The number of methoxy groups -OCH3 is 1. The Hall–Kier alpha value is -2.04. The quantitative estimate of drug-likeness (QED) is 0.230. The molecule has 0 aromatic heterocycles. The highest BCUT2D eigenvalue weighted by molar-refractivity contribution is 5.39. The molecule has 0 amide bonds. The molecule has 0 aromatic rings. The topological polar surface area (TPSA) is 120 Å². The van der Waals surface area contributed by atoms with E-state index < -0.39 is 43.9 Å². The second-order valence-electron chi connectivity index (χ2n) is 4.98. The van der Waals surface area contributed by atoms with Crippen molar-refractivity contribution in [2.24, 2.45) is 0 Å². The highest BCUT2D eigenvalue weighted by Crippen LogP contribution is 2.12. The summed E-state index contributed by atoms with van der Waals surface area (Å²) in [7, 11) is 1.24. The number of hydrogen-bond donors (Lipinski definition) is 5. The summed E-state index contributed by atoms with van der Waals surface area (Å²) in [5.41, 5.74) is 0. The summed E-state index contributed by atoms with van der Waals surface area (Å²) >= 11 is 0. The molecule has 5 N–H and O–H groups in total. The summed E-state index contributed by atoms with van der Waals surface area (Å²) in [5.74, 6) is 20.5. The molecule has 0 heterocycles. The predicted molar refractivity (Wildman–Crippen MR) is 93.9 cm³/mol. The van der Waals surface area contributed by atoms with E-state index in [1.54, 1.807) is 6.92 Å². The summed E-state index contributed by atoms with van der Waals surface area (Å²) in [6, 6.07) is 0. The van der Waals surface area contributed by atoms with Gasteiger partial charge in [0.2, 0.25) is 0 Å². The first kappa shape index (κ1) is 24.0. The second-order valence-corrected chi connectivity index (χ2v) is 4.98. The maximum atomic E-state index is 9.83. The van der Waals surface area contributed by atoms with E-state index in [1.165, 1.54) is 7.11 Å². The molecule has 0 bridgehead atoms. The zero-order valence-corrected chi connectivity index (χ0v) is 14.8. The van der Waals surface area contributed by atoms with Crippen molar-refractivity contribution in [2.75, 3.05) is 20.3 Å². The minimum atomic E-state index is -1.77. The molecule has 0 saturated heterocycles. The van der Waals surface area contributed by atoms with Crippen LogP contribution in [0.2, 0.25) is 0 Å². The van der Waals surface area contributed by atoms with Gasteiger partial charge in [0.25, 0.3) is 0 Å². The zero-order chi connectivity index (χ0) is 19.8. The number of rotatable bonds is 10. The Morgan fingerprint density at radius 3 is 2.00 bits per heavy atom. The van der Waals surface area contributed by atoms with Gasteiger partial charge in [-0.25, -0.2) is 0 Å². The van der Waals surface area contributed by atoms with Crippen LogP contribution in [0, 0.1) is 47.4 Å². The molecule has 0 aliphatic carbocycles. The van der Waals surface area contributed by atoms with E-state index >= 15 is 0 Å². The Labute approximate surface area is 154 Å². The molecule has 5 atom stereocenters. The van der Waals surface area contributed by atoms with Gasteiger partial charge in [-0.3, -0.25) is 0 Å². The SMILES string of the molecule is CC#CC#CC#CC#CCCC(CO)OC(O)C(O)[C@H](O)C(CO)OC. The molecule has 4 unspecified atom stereocenters. The lowest BCUT2D eigenvalue weighted by Gasteiger charge is -2.29. The van der Waals surface area contributed by atoms with Crippen LogP contribution in [0.15, 0.2) is 0 Å². The van der Waals surface area contributed by atoms with Crippen LogP contribution in [0.25, 0.3) is 0 Å². The fourth-order valence-electron chi connectivity index (χ4n) is 1.72. The summed E-state index contributed by atoms with van der Waals surface area (Å²) in [4.78, 5) is 0. The number of aliphatic hydroxyl groups is 5. The van der Waals surface area contributed by atoms with Gasteiger partial charge in [-0.15, -0.1) is 0 Å². The van der Waals surface area contributed by atoms with Gasteiger partial charge < -0.3 is 35.0 Å². The largest absolute Gasteiger partial charge is 0.394 e. The van der Waals surface area contributed by atoms with E-state index in [0.29, 0.717) is 6.42 Å². The molecule has 0 rings (SSSR count). The van der Waals surface area contributed by atoms with Crippen LogP contribution in [0.3, 0.4) is 0 Å².